The third-order valence-corrected chi connectivity index (χ3v) is 4.66. The predicted molar refractivity (Wildman–Crippen MR) is 87.4 cm³/mol. The lowest BCUT2D eigenvalue weighted by molar-refractivity contribution is -0.0750. The number of aliphatic hydroxyl groups excluding tert-OH is 1. The van der Waals surface area contributed by atoms with Crippen LogP contribution >= 0.6 is 0 Å². The number of hydrogen-bond acceptors (Lipinski definition) is 2. The van der Waals surface area contributed by atoms with Gasteiger partial charge in [0, 0.05) is 6.61 Å². The van der Waals surface area contributed by atoms with Crippen LogP contribution in [0.1, 0.15) is 57.4 Å². The van der Waals surface area contributed by atoms with E-state index in [0.29, 0.717) is 12.5 Å². The van der Waals surface area contributed by atoms with Gasteiger partial charge in [0.05, 0.1) is 12.2 Å². The largest absolute Gasteiger partial charge is 0.390 e. The monoisotopic (exact) mass is 290 g/mol. The molecule has 1 aliphatic rings. The molecule has 0 radical (unpaired) electrons. The van der Waals surface area contributed by atoms with Crippen LogP contribution in [-0.2, 0) is 11.2 Å². The van der Waals surface area contributed by atoms with Crippen LogP contribution in [0, 0.1) is 5.92 Å². The van der Waals surface area contributed by atoms with Crippen LogP contribution in [0.15, 0.2) is 30.3 Å². The van der Waals surface area contributed by atoms with Crippen molar-refractivity contribution in [3.05, 3.63) is 35.9 Å². The lowest BCUT2D eigenvalue weighted by Crippen LogP contribution is -2.37. The van der Waals surface area contributed by atoms with Crippen LogP contribution in [0.3, 0.4) is 0 Å². The Labute approximate surface area is 129 Å². The first-order chi connectivity index (χ1) is 10.3. The van der Waals surface area contributed by atoms with Crippen LogP contribution in [0.25, 0.3) is 0 Å². The highest BCUT2D eigenvalue weighted by atomic mass is 16.5. The van der Waals surface area contributed by atoms with E-state index in [2.05, 4.69) is 24.3 Å². The molecule has 21 heavy (non-hydrogen) atoms. The van der Waals surface area contributed by atoms with Crippen molar-refractivity contribution >= 4 is 0 Å². The highest BCUT2D eigenvalue weighted by Gasteiger charge is 2.29. The fourth-order valence-corrected chi connectivity index (χ4v) is 3.54. The van der Waals surface area contributed by atoms with Crippen molar-refractivity contribution in [3.63, 3.8) is 0 Å². The summed E-state index contributed by atoms with van der Waals surface area (Å²) < 4.78 is 5.90. The Morgan fingerprint density at radius 3 is 2.52 bits per heavy atom. The molecule has 0 heterocycles. The molecule has 1 aromatic carbocycles. The van der Waals surface area contributed by atoms with E-state index in [9.17, 15) is 5.11 Å². The summed E-state index contributed by atoms with van der Waals surface area (Å²) in [7, 11) is 0. The van der Waals surface area contributed by atoms with Crippen molar-refractivity contribution in [2.45, 2.75) is 70.5 Å². The van der Waals surface area contributed by atoms with Gasteiger partial charge in [0.2, 0.25) is 0 Å². The van der Waals surface area contributed by atoms with Gasteiger partial charge in [-0.2, -0.15) is 0 Å². The molecule has 1 fully saturated rings. The van der Waals surface area contributed by atoms with Gasteiger partial charge < -0.3 is 9.84 Å². The van der Waals surface area contributed by atoms with E-state index in [4.69, 9.17) is 4.74 Å². The van der Waals surface area contributed by atoms with E-state index >= 15 is 0 Å². The molecule has 0 amide bonds. The van der Waals surface area contributed by atoms with Crippen molar-refractivity contribution < 1.29 is 9.84 Å². The number of aryl methyl sites for hydroxylation is 1. The van der Waals surface area contributed by atoms with Gasteiger partial charge in [-0.05, 0) is 50.5 Å². The standard InChI is InChI=1S/C19H30O2/c1-2-21-19(17-13-7-4-8-14-17)18(20)15-9-12-16-10-5-3-6-11-16/h3,5-6,10-11,17-20H,2,4,7-9,12-15H2,1H3. The van der Waals surface area contributed by atoms with Crippen molar-refractivity contribution in [3.8, 4) is 0 Å². The fraction of sp³-hybridized carbons (Fsp3) is 0.684. The van der Waals surface area contributed by atoms with E-state index in [0.717, 1.165) is 19.3 Å². The summed E-state index contributed by atoms with van der Waals surface area (Å²) in [6.07, 6.45) is 9.04. The second-order valence-electron chi connectivity index (χ2n) is 6.26. The smallest absolute Gasteiger partial charge is 0.0861 e. The number of aliphatic hydroxyl groups is 1. The minimum Gasteiger partial charge on any atom is -0.390 e. The summed E-state index contributed by atoms with van der Waals surface area (Å²) in [5.74, 6) is 0.561. The molecule has 0 aromatic heterocycles. The van der Waals surface area contributed by atoms with Crippen molar-refractivity contribution in [2.24, 2.45) is 5.92 Å². The zero-order chi connectivity index (χ0) is 14.9. The zero-order valence-electron chi connectivity index (χ0n) is 13.3. The molecule has 1 saturated carbocycles. The van der Waals surface area contributed by atoms with E-state index < -0.39 is 0 Å². The summed E-state index contributed by atoms with van der Waals surface area (Å²) in [5, 5.41) is 10.5. The Balaban J connectivity index is 1.79. The summed E-state index contributed by atoms with van der Waals surface area (Å²) in [5.41, 5.74) is 1.36. The Bertz CT molecular complexity index is 370. The van der Waals surface area contributed by atoms with Gasteiger partial charge in [-0.3, -0.25) is 0 Å². The molecule has 1 aromatic rings. The highest BCUT2D eigenvalue weighted by Crippen LogP contribution is 2.30. The van der Waals surface area contributed by atoms with Crippen LogP contribution in [-0.4, -0.2) is 23.9 Å². The van der Waals surface area contributed by atoms with Gasteiger partial charge in [-0.15, -0.1) is 0 Å². The average molecular weight is 290 g/mol. The molecular formula is C19H30O2. The molecule has 2 rings (SSSR count). The molecule has 2 nitrogen and oxygen atoms in total. The maximum Gasteiger partial charge on any atom is 0.0861 e. The molecule has 0 spiro atoms. The molecule has 118 valence electrons. The zero-order valence-corrected chi connectivity index (χ0v) is 13.3. The second kappa shape index (κ2) is 9.22. The SMILES string of the molecule is CCOC(C(O)CCCc1ccccc1)C1CCCCC1. The molecule has 2 heteroatoms. The van der Waals surface area contributed by atoms with Gasteiger partial charge in [0.15, 0.2) is 0 Å². The summed E-state index contributed by atoms with van der Waals surface area (Å²) in [6.45, 7) is 2.74. The first-order valence-electron chi connectivity index (χ1n) is 8.65. The molecule has 2 unspecified atom stereocenters. The molecule has 1 N–H and O–H groups in total. The van der Waals surface area contributed by atoms with Crippen molar-refractivity contribution in [2.75, 3.05) is 6.61 Å². The molecule has 0 bridgehead atoms. The predicted octanol–water partition coefficient (Wildman–Crippen LogP) is 4.36. The van der Waals surface area contributed by atoms with Gasteiger partial charge in [-0.25, -0.2) is 0 Å². The normalized spacial score (nSPS) is 19.3. The lowest BCUT2D eigenvalue weighted by Gasteiger charge is -2.33. The molecule has 0 aliphatic heterocycles. The lowest BCUT2D eigenvalue weighted by atomic mass is 9.82. The quantitative estimate of drug-likeness (QED) is 0.771. The van der Waals surface area contributed by atoms with Crippen molar-refractivity contribution in [1.29, 1.82) is 0 Å². The molecule has 0 saturated heterocycles. The number of ether oxygens (including phenoxy) is 1. The van der Waals surface area contributed by atoms with Gasteiger partial charge in [0.1, 0.15) is 0 Å². The maximum absolute atomic E-state index is 10.5. The third kappa shape index (κ3) is 5.44. The molecule has 2 atom stereocenters. The molecule has 1 aliphatic carbocycles. The minimum absolute atomic E-state index is 0.0473. The van der Waals surface area contributed by atoms with Crippen LogP contribution in [0.5, 0.6) is 0 Å². The average Bonchev–Trinajstić information content (AvgIpc) is 2.54. The number of benzene rings is 1. The van der Waals surface area contributed by atoms with Gasteiger partial charge in [0.25, 0.3) is 0 Å². The van der Waals surface area contributed by atoms with Gasteiger partial charge >= 0.3 is 0 Å². The Hall–Kier alpha value is -0.860. The van der Waals surface area contributed by atoms with Crippen LogP contribution < -0.4 is 0 Å². The Kier molecular flexibility index (Phi) is 7.25. The second-order valence-corrected chi connectivity index (χ2v) is 6.26. The van der Waals surface area contributed by atoms with E-state index in [1.165, 1.54) is 37.7 Å². The first-order valence-corrected chi connectivity index (χ1v) is 8.65. The highest BCUT2D eigenvalue weighted by molar-refractivity contribution is 5.14. The van der Waals surface area contributed by atoms with Crippen molar-refractivity contribution in [1.82, 2.24) is 0 Å². The van der Waals surface area contributed by atoms with E-state index in [-0.39, 0.29) is 12.2 Å². The van der Waals surface area contributed by atoms with Gasteiger partial charge in [-0.1, -0.05) is 49.6 Å². The summed E-state index contributed by atoms with van der Waals surface area (Å²) in [6, 6.07) is 10.5. The molecular weight excluding hydrogens is 260 g/mol. The fourth-order valence-electron chi connectivity index (χ4n) is 3.54. The maximum atomic E-state index is 10.5. The Morgan fingerprint density at radius 2 is 1.86 bits per heavy atom. The van der Waals surface area contributed by atoms with Crippen LogP contribution in [0.2, 0.25) is 0 Å². The third-order valence-electron chi connectivity index (χ3n) is 4.66. The topological polar surface area (TPSA) is 29.5 Å². The summed E-state index contributed by atoms with van der Waals surface area (Å²) in [4.78, 5) is 0. The summed E-state index contributed by atoms with van der Waals surface area (Å²) >= 11 is 0. The minimum atomic E-state index is -0.309. The van der Waals surface area contributed by atoms with E-state index in [1.54, 1.807) is 0 Å². The number of rotatable bonds is 8. The number of hydrogen-bond donors (Lipinski definition) is 1. The first kappa shape index (κ1) is 16.5. The van der Waals surface area contributed by atoms with E-state index in [1.807, 2.05) is 13.0 Å². The van der Waals surface area contributed by atoms with Crippen LogP contribution in [0.4, 0.5) is 0 Å². The Morgan fingerprint density at radius 1 is 1.14 bits per heavy atom.